The van der Waals surface area contributed by atoms with Gasteiger partial charge in [-0.05, 0) is 25.7 Å². The van der Waals surface area contributed by atoms with Gasteiger partial charge in [0.25, 0.3) is 0 Å². The molecule has 1 aromatic rings. The first-order chi connectivity index (χ1) is 8.29. The summed E-state index contributed by atoms with van der Waals surface area (Å²) in [5.41, 5.74) is 0.999. The summed E-state index contributed by atoms with van der Waals surface area (Å²) in [6.45, 7) is 3.22. The Balaban J connectivity index is 2.48. The SMILES string of the molecule is CCCc1c(Cl)ncnc1NCCCCCO. The lowest BCUT2D eigenvalue weighted by Crippen LogP contribution is -2.07. The minimum absolute atomic E-state index is 0.264. The van der Waals surface area contributed by atoms with Crippen LogP contribution in [-0.4, -0.2) is 28.2 Å². The highest BCUT2D eigenvalue weighted by molar-refractivity contribution is 6.30. The normalized spacial score (nSPS) is 10.5. The van der Waals surface area contributed by atoms with Crippen molar-refractivity contribution in [1.82, 2.24) is 9.97 Å². The Kier molecular flexibility index (Phi) is 6.89. The molecule has 0 aliphatic carbocycles. The number of aromatic nitrogens is 2. The molecule has 0 atom stereocenters. The van der Waals surface area contributed by atoms with Crippen LogP contribution >= 0.6 is 11.6 Å². The number of hydrogen-bond acceptors (Lipinski definition) is 4. The van der Waals surface area contributed by atoms with Crippen LogP contribution in [0.25, 0.3) is 0 Å². The quantitative estimate of drug-likeness (QED) is 0.555. The summed E-state index contributed by atoms with van der Waals surface area (Å²) in [6, 6.07) is 0. The van der Waals surface area contributed by atoms with E-state index in [4.69, 9.17) is 16.7 Å². The Bertz CT molecular complexity index is 334. The van der Waals surface area contributed by atoms with Crippen LogP contribution in [-0.2, 0) is 6.42 Å². The third-order valence-electron chi connectivity index (χ3n) is 2.52. The van der Waals surface area contributed by atoms with Gasteiger partial charge in [0, 0.05) is 18.7 Å². The van der Waals surface area contributed by atoms with E-state index in [1.807, 2.05) is 0 Å². The molecule has 0 aliphatic rings. The van der Waals surface area contributed by atoms with Gasteiger partial charge in [-0.3, -0.25) is 0 Å². The Morgan fingerprint density at radius 1 is 1.29 bits per heavy atom. The van der Waals surface area contributed by atoms with Gasteiger partial charge in [-0.1, -0.05) is 24.9 Å². The van der Waals surface area contributed by atoms with E-state index in [1.165, 1.54) is 6.33 Å². The van der Waals surface area contributed by atoms with Crippen LogP contribution < -0.4 is 5.32 Å². The molecule has 0 aliphatic heterocycles. The molecule has 1 rings (SSSR count). The van der Waals surface area contributed by atoms with Gasteiger partial charge in [-0.2, -0.15) is 0 Å². The molecule has 0 fully saturated rings. The van der Waals surface area contributed by atoms with E-state index in [2.05, 4.69) is 22.2 Å². The van der Waals surface area contributed by atoms with Crippen molar-refractivity contribution in [2.45, 2.75) is 39.0 Å². The number of hydrogen-bond donors (Lipinski definition) is 2. The first kappa shape index (κ1) is 14.2. The van der Waals surface area contributed by atoms with Crippen LogP contribution in [0.15, 0.2) is 6.33 Å². The highest BCUT2D eigenvalue weighted by Gasteiger charge is 2.08. The molecular formula is C12H20ClN3O. The average molecular weight is 258 g/mol. The molecule has 0 saturated heterocycles. The predicted molar refractivity (Wildman–Crippen MR) is 70.5 cm³/mol. The highest BCUT2D eigenvalue weighted by atomic mass is 35.5. The molecule has 2 N–H and O–H groups in total. The molecule has 0 spiro atoms. The molecular weight excluding hydrogens is 238 g/mol. The van der Waals surface area contributed by atoms with Gasteiger partial charge in [-0.25, -0.2) is 9.97 Å². The van der Waals surface area contributed by atoms with Crippen LogP contribution in [0.1, 0.15) is 38.2 Å². The van der Waals surface area contributed by atoms with E-state index >= 15 is 0 Å². The first-order valence-electron chi connectivity index (χ1n) is 6.13. The molecule has 17 heavy (non-hydrogen) atoms. The largest absolute Gasteiger partial charge is 0.396 e. The molecule has 0 aromatic carbocycles. The van der Waals surface area contributed by atoms with Gasteiger partial charge in [0.15, 0.2) is 0 Å². The lowest BCUT2D eigenvalue weighted by molar-refractivity contribution is 0.283. The fourth-order valence-corrected chi connectivity index (χ4v) is 1.86. The van der Waals surface area contributed by atoms with Crippen LogP contribution in [0, 0.1) is 0 Å². The summed E-state index contributed by atoms with van der Waals surface area (Å²) in [5, 5.41) is 12.5. The summed E-state index contributed by atoms with van der Waals surface area (Å²) in [5.74, 6) is 0.843. The third-order valence-corrected chi connectivity index (χ3v) is 2.85. The van der Waals surface area contributed by atoms with Crippen molar-refractivity contribution in [2.75, 3.05) is 18.5 Å². The number of nitrogens with zero attached hydrogens (tertiary/aromatic N) is 2. The van der Waals surface area contributed by atoms with Crippen molar-refractivity contribution in [3.05, 3.63) is 17.0 Å². The monoisotopic (exact) mass is 257 g/mol. The Morgan fingerprint density at radius 2 is 2.12 bits per heavy atom. The van der Waals surface area contributed by atoms with Crippen molar-refractivity contribution in [3.63, 3.8) is 0 Å². The van der Waals surface area contributed by atoms with Gasteiger partial charge in [0.05, 0.1) is 0 Å². The zero-order valence-electron chi connectivity index (χ0n) is 10.2. The van der Waals surface area contributed by atoms with Gasteiger partial charge in [0.2, 0.25) is 0 Å². The zero-order valence-corrected chi connectivity index (χ0v) is 11.0. The number of aliphatic hydroxyl groups is 1. The number of anilines is 1. The summed E-state index contributed by atoms with van der Waals surface area (Å²) >= 11 is 6.05. The second-order valence-electron chi connectivity index (χ2n) is 3.95. The van der Waals surface area contributed by atoms with Crippen LogP contribution in [0.3, 0.4) is 0 Å². The maximum atomic E-state index is 8.67. The van der Waals surface area contributed by atoms with Crippen LogP contribution in [0.4, 0.5) is 5.82 Å². The second kappa shape index (κ2) is 8.25. The predicted octanol–water partition coefficient (Wildman–Crippen LogP) is 2.66. The molecule has 0 amide bonds. The van der Waals surface area contributed by atoms with E-state index in [9.17, 15) is 0 Å². The van der Waals surface area contributed by atoms with Gasteiger partial charge >= 0.3 is 0 Å². The standard InChI is InChI=1S/C12H20ClN3O/c1-2-6-10-11(13)15-9-16-12(10)14-7-4-3-5-8-17/h9,17H,2-8H2,1H3,(H,14,15,16). The van der Waals surface area contributed by atoms with Crippen molar-refractivity contribution in [1.29, 1.82) is 0 Å². The average Bonchev–Trinajstić information content (AvgIpc) is 2.33. The number of unbranched alkanes of at least 4 members (excludes halogenated alkanes) is 2. The smallest absolute Gasteiger partial charge is 0.137 e. The summed E-state index contributed by atoms with van der Waals surface area (Å²) in [4.78, 5) is 8.22. The molecule has 0 radical (unpaired) electrons. The summed E-state index contributed by atoms with van der Waals surface area (Å²) < 4.78 is 0. The summed E-state index contributed by atoms with van der Waals surface area (Å²) in [6.07, 6.45) is 6.29. The molecule has 96 valence electrons. The zero-order chi connectivity index (χ0) is 12.5. The fraction of sp³-hybridized carbons (Fsp3) is 0.667. The highest BCUT2D eigenvalue weighted by Crippen LogP contribution is 2.21. The van der Waals surface area contributed by atoms with E-state index in [0.29, 0.717) is 5.15 Å². The molecule has 0 saturated carbocycles. The Hall–Kier alpha value is -0.870. The summed E-state index contributed by atoms with van der Waals surface area (Å²) in [7, 11) is 0. The van der Waals surface area contributed by atoms with Gasteiger partial charge in [0.1, 0.15) is 17.3 Å². The lowest BCUT2D eigenvalue weighted by Gasteiger charge is -2.10. The molecule has 1 aromatic heterocycles. The maximum absolute atomic E-state index is 8.67. The fourth-order valence-electron chi connectivity index (χ4n) is 1.64. The van der Waals surface area contributed by atoms with E-state index in [1.54, 1.807) is 0 Å². The van der Waals surface area contributed by atoms with Crippen molar-refractivity contribution in [2.24, 2.45) is 0 Å². The molecule has 0 bridgehead atoms. The maximum Gasteiger partial charge on any atom is 0.137 e. The van der Waals surface area contributed by atoms with Crippen molar-refractivity contribution < 1.29 is 5.11 Å². The van der Waals surface area contributed by atoms with Crippen molar-refractivity contribution in [3.8, 4) is 0 Å². The van der Waals surface area contributed by atoms with E-state index in [0.717, 1.165) is 50.0 Å². The second-order valence-corrected chi connectivity index (χ2v) is 4.31. The Labute approximate surface area is 107 Å². The first-order valence-corrected chi connectivity index (χ1v) is 6.51. The van der Waals surface area contributed by atoms with E-state index < -0.39 is 0 Å². The van der Waals surface area contributed by atoms with Gasteiger partial charge in [-0.15, -0.1) is 0 Å². The third kappa shape index (κ3) is 4.88. The number of halogens is 1. The van der Waals surface area contributed by atoms with Crippen LogP contribution in [0.2, 0.25) is 5.15 Å². The number of rotatable bonds is 8. The van der Waals surface area contributed by atoms with Gasteiger partial charge < -0.3 is 10.4 Å². The molecule has 5 heteroatoms. The van der Waals surface area contributed by atoms with Crippen molar-refractivity contribution >= 4 is 17.4 Å². The molecule has 0 unspecified atom stereocenters. The van der Waals surface area contributed by atoms with E-state index in [-0.39, 0.29) is 6.61 Å². The van der Waals surface area contributed by atoms with Crippen LogP contribution in [0.5, 0.6) is 0 Å². The minimum Gasteiger partial charge on any atom is -0.396 e. The molecule has 4 nitrogen and oxygen atoms in total. The topological polar surface area (TPSA) is 58.0 Å². The number of nitrogens with one attached hydrogen (secondary N) is 1. The molecule has 1 heterocycles. The number of aliphatic hydroxyl groups excluding tert-OH is 1. The lowest BCUT2D eigenvalue weighted by atomic mass is 10.2. The minimum atomic E-state index is 0.264. The Morgan fingerprint density at radius 3 is 2.82 bits per heavy atom.